The van der Waals surface area contributed by atoms with Crippen LogP contribution in [0.3, 0.4) is 0 Å². The summed E-state index contributed by atoms with van der Waals surface area (Å²) in [6.45, 7) is 11.4. The van der Waals surface area contributed by atoms with E-state index < -0.39 is 0 Å². The minimum atomic E-state index is -0.376. The summed E-state index contributed by atoms with van der Waals surface area (Å²) in [6.07, 6.45) is 3.38. The molecule has 1 fully saturated rings. The number of amides is 1. The highest BCUT2D eigenvalue weighted by Gasteiger charge is 2.34. The zero-order valence-corrected chi connectivity index (χ0v) is 15.4. The molecule has 25 heavy (non-hydrogen) atoms. The maximum absolute atomic E-state index is 13.0. The number of morpholine rings is 1. The van der Waals surface area contributed by atoms with Crippen LogP contribution in [0.15, 0.2) is 16.8 Å². The van der Waals surface area contributed by atoms with Gasteiger partial charge in [-0.2, -0.15) is 5.10 Å². The lowest BCUT2D eigenvalue weighted by Crippen LogP contribution is -2.43. The lowest BCUT2D eigenvalue weighted by Gasteiger charge is -2.33. The van der Waals surface area contributed by atoms with Gasteiger partial charge in [-0.15, -0.1) is 10.2 Å². The van der Waals surface area contributed by atoms with E-state index >= 15 is 0 Å². The molecule has 1 amide bonds. The maximum Gasteiger partial charge on any atom is 0.257 e. The van der Waals surface area contributed by atoms with Crippen LogP contribution in [0.1, 0.15) is 68.7 Å². The van der Waals surface area contributed by atoms with Crippen molar-refractivity contribution < 1.29 is 13.9 Å². The smallest absolute Gasteiger partial charge is 0.257 e. The molecule has 8 nitrogen and oxygen atoms in total. The Morgan fingerprint density at radius 3 is 2.68 bits per heavy atom. The number of ether oxygens (including phenoxy) is 1. The van der Waals surface area contributed by atoms with Crippen molar-refractivity contribution in [3.8, 4) is 0 Å². The van der Waals surface area contributed by atoms with Crippen LogP contribution in [-0.2, 0) is 10.3 Å². The average molecular weight is 347 g/mol. The monoisotopic (exact) mass is 347 g/mol. The first kappa shape index (κ1) is 17.6. The lowest BCUT2D eigenvalue weighted by molar-refractivity contribution is -0.0107. The van der Waals surface area contributed by atoms with E-state index in [1.807, 2.05) is 34.6 Å². The van der Waals surface area contributed by atoms with Crippen LogP contribution in [0.25, 0.3) is 0 Å². The lowest BCUT2D eigenvalue weighted by atomic mass is 10.1. The second-order valence-corrected chi connectivity index (χ2v) is 7.57. The van der Waals surface area contributed by atoms with E-state index in [-0.39, 0.29) is 23.4 Å². The van der Waals surface area contributed by atoms with E-state index in [1.54, 1.807) is 22.0 Å². The zero-order valence-electron chi connectivity index (χ0n) is 15.4. The molecule has 1 aliphatic heterocycles. The van der Waals surface area contributed by atoms with Crippen molar-refractivity contribution in [1.82, 2.24) is 24.9 Å². The molecule has 0 N–H and O–H groups in total. The number of hydrogen-bond donors (Lipinski definition) is 0. The quantitative estimate of drug-likeness (QED) is 0.847. The first-order valence-electron chi connectivity index (χ1n) is 8.54. The summed E-state index contributed by atoms with van der Waals surface area (Å²) in [5, 5.41) is 12.5. The molecule has 0 radical (unpaired) electrons. The van der Waals surface area contributed by atoms with Gasteiger partial charge in [0.15, 0.2) is 0 Å². The molecule has 1 saturated heterocycles. The zero-order chi connectivity index (χ0) is 18.2. The van der Waals surface area contributed by atoms with Crippen molar-refractivity contribution in [1.29, 1.82) is 0 Å². The Kier molecular flexibility index (Phi) is 4.64. The van der Waals surface area contributed by atoms with Crippen LogP contribution < -0.4 is 0 Å². The Hall–Kier alpha value is -2.22. The Balaban J connectivity index is 1.85. The first-order chi connectivity index (χ1) is 11.8. The summed E-state index contributed by atoms with van der Waals surface area (Å²) >= 11 is 0. The third kappa shape index (κ3) is 3.58. The number of carbonyl (C=O) groups excluding carboxylic acids is 1. The molecule has 136 valence electrons. The molecule has 0 aromatic carbocycles. The Labute approximate surface area is 147 Å². The van der Waals surface area contributed by atoms with Crippen LogP contribution in [-0.4, -0.2) is 50.5 Å². The van der Waals surface area contributed by atoms with E-state index in [1.165, 1.54) is 0 Å². The molecule has 0 aliphatic carbocycles. The van der Waals surface area contributed by atoms with E-state index in [0.717, 1.165) is 0 Å². The van der Waals surface area contributed by atoms with Crippen LogP contribution >= 0.6 is 0 Å². The third-order valence-electron chi connectivity index (χ3n) is 4.14. The minimum absolute atomic E-state index is 0.104. The highest BCUT2D eigenvalue weighted by Crippen LogP contribution is 2.27. The first-order valence-corrected chi connectivity index (χ1v) is 8.54. The highest BCUT2D eigenvalue weighted by molar-refractivity contribution is 5.94. The molecule has 3 heterocycles. The molecular formula is C17H25N5O3. The van der Waals surface area contributed by atoms with Crippen molar-refractivity contribution in [2.45, 2.75) is 52.1 Å². The molecule has 8 heteroatoms. The van der Waals surface area contributed by atoms with E-state index in [0.29, 0.717) is 37.1 Å². The molecule has 1 atom stereocenters. The standard InChI is InChI=1S/C17H25N5O3/c1-11(2)14-19-20-15(25-14)13-10-24-7-6-21(13)16(23)12-8-18-22(9-12)17(3,4)5/h8-9,11,13H,6-7,10H2,1-5H3/t13-/m0/s1. The summed E-state index contributed by atoms with van der Waals surface area (Å²) in [5.74, 6) is 1.02. The SMILES string of the molecule is CC(C)c1nnc([C@@H]2COCCN2C(=O)c2cnn(C(C)(C)C)c2)o1. The van der Waals surface area contributed by atoms with Gasteiger partial charge < -0.3 is 14.1 Å². The molecule has 1 aliphatic rings. The fraction of sp³-hybridized carbons (Fsp3) is 0.647. The molecule has 0 saturated carbocycles. The second kappa shape index (κ2) is 6.59. The molecular weight excluding hydrogens is 322 g/mol. The van der Waals surface area contributed by atoms with E-state index in [2.05, 4.69) is 15.3 Å². The number of hydrogen-bond acceptors (Lipinski definition) is 6. The van der Waals surface area contributed by atoms with E-state index in [9.17, 15) is 4.79 Å². The maximum atomic E-state index is 13.0. The van der Waals surface area contributed by atoms with Gasteiger partial charge in [0.05, 0.1) is 30.5 Å². The van der Waals surface area contributed by atoms with Crippen molar-refractivity contribution in [2.24, 2.45) is 0 Å². The Morgan fingerprint density at radius 2 is 2.08 bits per heavy atom. The summed E-state index contributed by atoms with van der Waals surface area (Å²) in [4.78, 5) is 14.7. The number of nitrogens with zero attached hydrogens (tertiary/aromatic N) is 5. The topological polar surface area (TPSA) is 86.3 Å². The van der Waals surface area contributed by atoms with Gasteiger partial charge in [-0.05, 0) is 20.8 Å². The van der Waals surface area contributed by atoms with Gasteiger partial charge in [0.2, 0.25) is 11.8 Å². The number of aromatic nitrogens is 4. The molecule has 2 aromatic rings. The number of carbonyl (C=O) groups is 1. The van der Waals surface area contributed by atoms with Crippen LogP contribution in [0.2, 0.25) is 0 Å². The highest BCUT2D eigenvalue weighted by atomic mass is 16.5. The summed E-state index contributed by atoms with van der Waals surface area (Å²) in [7, 11) is 0. The average Bonchev–Trinajstić information content (AvgIpc) is 3.23. The van der Waals surface area contributed by atoms with Crippen LogP contribution in [0.5, 0.6) is 0 Å². The molecule has 0 bridgehead atoms. The summed E-state index contributed by atoms with van der Waals surface area (Å²) < 4.78 is 13.1. The van der Waals surface area contributed by atoms with Crippen LogP contribution in [0.4, 0.5) is 0 Å². The van der Waals surface area contributed by atoms with Gasteiger partial charge in [0, 0.05) is 18.7 Å². The van der Waals surface area contributed by atoms with Gasteiger partial charge in [0.1, 0.15) is 6.04 Å². The fourth-order valence-electron chi connectivity index (χ4n) is 2.63. The molecule has 0 unspecified atom stereocenters. The number of rotatable bonds is 3. The third-order valence-corrected chi connectivity index (χ3v) is 4.14. The second-order valence-electron chi connectivity index (χ2n) is 7.57. The molecule has 3 rings (SSSR count). The van der Waals surface area contributed by atoms with Crippen molar-refractivity contribution in [3.63, 3.8) is 0 Å². The largest absolute Gasteiger partial charge is 0.423 e. The van der Waals surface area contributed by atoms with Crippen molar-refractivity contribution in [2.75, 3.05) is 19.8 Å². The summed E-state index contributed by atoms with van der Waals surface area (Å²) in [6, 6.07) is -0.376. The Morgan fingerprint density at radius 1 is 1.32 bits per heavy atom. The van der Waals surface area contributed by atoms with Gasteiger partial charge in [0.25, 0.3) is 5.91 Å². The predicted octanol–water partition coefficient (Wildman–Crippen LogP) is 2.36. The summed E-state index contributed by atoms with van der Waals surface area (Å²) in [5.41, 5.74) is 0.368. The minimum Gasteiger partial charge on any atom is -0.423 e. The van der Waals surface area contributed by atoms with Gasteiger partial charge in [-0.1, -0.05) is 13.8 Å². The molecule has 2 aromatic heterocycles. The van der Waals surface area contributed by atoms with Crippen molar-refractivity contribution >= 4 is 5.91 Å². The van der Waals surface area contributed by atoms with Gasteiger partial charge in [-0.25, -0.2) is 0 Å². The normalized spacial score (nSPS) is 18.8. The molecule has 0 spiro atoms. The van der Waals surface area contributed by atoms with Crippen molar-refractivity contribution in [3.05, 3.63) is 29.7 Å². The van der Waals surface area contributed by atoms with Gasteiger partial charge >= 0.3 is 0 Å². The Bertz CT molecular complexity index is 744. The van der Waals surface area contributed by atoms with Gasteiger partial charge in [-0.3, -0.25) is 9.48 Å². The van der Waals surface area contributed by atoms with Crippen LogP contribution in [0, 0.1) is 0 Å². The predicted molar refractivity (Wildman–Crippen MR) is 90.2 cm³/mol. The fourth-order valence-corrected chi connectivity index (χ4v) is 2.63. The van der Waals surface area contributed by atoms with E-state index in [4.69, 9.17) is 9.15 Å².